The number of anilines is 1. The van der Waals surface area contributed by atoms with Gasteiger partial charge < -0.3 is 10.0 Å². The highest BCUT2D eigenvalue weighted by Crippen LogP contribution is 2.29. The Hall–Kier alpha value is -3.08. The number of aromatic nitrogens is 1. The zero-order chi connectivity index (χ0) is 25.1. The number of para-hydroxylation sites is 1. The summed E-state index contributed by atoms with van der Waals surface area (Å²) in [5.74, 6) is -0.141. The maximum absolute atomic E-state index is 13.0. The Balaban J connectivity index is 1.39. The Morgan fingerprint density at radius 3 is 2.51 bits per heavy atom. The zero-order valence-corrected chi connectivity index (χ0v) is 21.3. The first-order valence-corrected chi connectivity index (χ1v) is 13.6. The second-order valence-electron chi connectivity index (χ2n) is 8.66. The van der Waals surface area contributed by atoms with Gasteiger partial charge in [-0.15, -0.1) is 0 Å². The number of piperidine rings is 1. The molecule has 184 valence electrons. The van der Waals surface area contributed by atoms with Crippen LogP contribution in [0.5, 0.6) is 0 Å². The number of sulfonamides is 1. The number of aliphatic hydroxyl groups is 1. The van der Waals surface area contributed by atoms with Crippen LogP contribution in [0.1, 0.15) is 41.4 Å². The van der Waals surface area contributed by atoms with Crippen molar-refractivity contribution in [1.82, 2.24) is 9.27 Å². The maximum atomic E-state index is 13.0. The number of carbonyl (C=O) groups excluding carboxylic acids is 1. The van der Waals surface area contributed by atoms with Gasteiger partial charge in [0.2, 0.25) is 0 Å². The van der Waals surface area contributed by atoms with Gasteiger partial charge in [0, 0.05) is 42.4 Å². The summed E-state index contributed by atoms with van der Waals surface area (Å²) in [7, 11) is -3.85. The summed E-state index contributed by atoms with van der Waals surface area (Å²) < 4.78 is 32.6. The van der Waals surface area contributed by atoms with Crippen molar-refractivity contribution in [2.75, 3.05) is 17.8 Å². The lowest BCUT2D eigenvalue weighted by atomic mass is 9.85. The van der Waals surface area contributed by atoms with Crippen LogP contribution < -0.4 is 4.72 Å². The third-order valence-corrected chi connectivity index (χ3v) is 8.36. The third-order valence-electron chi connectivity index (χ3n) is 6.16. The van der Waals surface area contributed by atoms with E-state index in [1.807, 2.05) is 12.3 Å². The summed E-state index contributed by atoms with van der Waals surface area (Å²) in [5, 5.41) is 13.0. The predicted molar refractivity (Wildman–Crippen MR) is 138 cm³/mol. The molecule has 2 N–H and O–H groups in total. The molecule has 8 nitrogen and oxygen atoms in total. The van der Waals surface area contributed by atoms with E-state index in [-0.39, 0.29) is 10.8 Å². The molecule has 1 amide bonds. The fourth-order valence-corrected chi connectivity index (χ4v) is 6.06. The van der Waals surface area contributed by atoms with E-state index in [0.717, 1.165) is 11.3 Å². The van der Waals surface area contributed by atoms with Crippen LogP contribution in [0.25, 0.3) is 0 Å². The minimum atomic E-state index is -3.85. The van der Waals surface area contributed by atoms with Gasteiger partial charge in [-0.1, -0.05) is 12.1 Å². The summed E-state index contributed by atoms with van der Waals surface area (Å²) in [6.07, 6.45) is 3.06. The van der Waals surface area contributed by atoms with E-state index in [0.29, 0.717) is 49.3 Å². The number of hydrogen-bond donors (Lipinski definition) is 2. The highest BCUT2D eigenvalue weighted by molar-refractivity contribution is 7.92. The molecule has 0 saturated carbocycles. The van der Waals surface area contributed by atoms with Crippen molar-refractivity contribution < 1.29 is 18.3 Å². The first-order valence-electron chi connectivity index (χ1n) is 11.3. The largest absolute Gasteiger partial charge is 0.389 e. The monoisotopic (exact) mass is 512 g/mol. The molecule has 2 aromatic carbocycles. The van der Waals surface area contributed by atoms with Gasteiger partial charge in [-0.3, -0.25) is 14.5 Å². The average molecular weight is 513 g/mol. The highest BCUT2D eigenvalue weighted by atomic mass is 32.2. The number of amides is 1. The molecule has 1 aliphatic heterocycles. The SMILES string of the molecule is CC=Nc1ccccc1S(=O)(=O)Nc1ccc(C(=O)N2CCC(O)(Cc3csnc3C)CC2)cc1. The normalized spacial score (nSPS) is 15.9. The van der Waals surface area contributed by atoms with Gasteiger partial charge in [0.25, 0.3) is 15.9 Å². The second-order valence-corrected chi connectivity index (χ2v) is 10.9. The summed E-state index contributed by atoms with van der Waals surface area (Å²) in [6, 6.07) is 12.9. The third kappa shape index (κ3) is 5.77. The summed E-state index contributed by atoms with van der Waals surface area (Å²) in [4.78, 5) is 18.9. The molecule has 0 bridgehead atoms. The van der Waals surface area contributed by atoms with Crippen LogP contribution in [0.3, 0.4) is 0 Å². The molecule has 35 heavy (non-hydrogen) atoms. The van der Waals surface area contributed by atoms with Crippen molar-refractivity contribution in [1.29, 1.82) is 0 Å². The van der Waals surface area contributed by atoms with Crippen LogP contribution in [0.4, 0.5) is 11.4 Å². The molecule has 0 atom stereocenters. The van der Waals surface area contributed by atoms with Crippen LogP contribution in [-0.4, -0.2) is 53.6 Å². The lowest BCUT2D eigenvalue weighted by Crippen LogP contribution is -2.47. The minimum Gasteiger partial charge on any atom is -0.389 e. The Kier molecular flexibility index (Phi) is 7.34. The quantitative estimate of drug-likeness (QED) is 0.461. The van der Waals surface area contributed by atoms with Crippen LogP contribution >= 0.6 is 11.5 Å². The van der Waals surface area contributed by atoms with E-state index in [1.54, 1.807) is 54.3 Å². The molecule has 1 fully saturated rings. The first-order chi connectivity index (χ1) is 16.7. The maximum Gasteiger partial charge on any atom is 0.264 e. The van der Waals surface area contributed by atoms with Gasteiger partial charge in [-0.05, 0) is 80.2 Å². The molecule has 3 aromatic rings. The number of likely N-dealkylation sites (tertiary alicyclic amines) is 1. The zero-order valence-electron chi connectivity index (χ0n) is 19.6. The smallest absolute Gasteiger partial charge is 0.264 e. The van der Waals surface area contributed by atoms with E-state index in [2.05, 4.69) is 14.1 Å². The van der Waals surface area contributed by atoms with E-state index in [1.165, 1.54) is 23.8 Å². The van der Waals surface area contributed by atoms with Gasteiger partial charge in [-0.2, -0.15) is 4.37 Å². The lowest BCUT2D eigenvalue weighted by Gasteiger charge is -2.38. The predicted octanol–water partition coefficient (Wildman–Crippen LogP) is 4.18. The molecule has 0 aliphatic carbocycles. The molecule has 2 heterocycles. The Morgan fingerprint density at radius 1 is 1.20 bits per heavy atom. The molecule has 0 unspecified atom stereocenters. The number of carbonyl (C=O) groups is 1. The lowest BCUT2D eigenvalue weighted by molar-refractivity contribution is -0.0163. The highest BCUT2D eigenvalue weighted by Gasteiger charge is 2.35. The molecule has 1 aromatic heterocycles. The number of aliphatic imine (C=N–C) groups is 1. The molecule has 10 heteroatoms. The van der Waals surface area contributed by atoms with Crippen molar-refractivity contribution in [3.05, 3.63) is 70.7 Å². The fraction of sp³-hybridized carbons (Fsp3) is 0.320. The van der Waals surface area contributed by atoms with E-state index < -0.39 is 15.6 Å². The van der Waals surface area contributed by atoms with Crippen LogP contribution in [0.2, 0.25) is 0 Å². The summed E-state index contributed by atoms with van der Waals surface area (Å²) in [5.41, 5.74) is 2.32. The standard InChI is InChI=1S/C25H28N4O4S2/c1-3-26-22-6-4-5-7-23(22)35(32,33)28-21-10-8-19(9-11-21)24(30)29-14-12-25(31,13-15-29)16-20-17-34-27-18(20)2/h3-11,17,28,31H,12-16H2,1-2H3. The van der Waals surface area contributed by atoms with E-state index >= 15 is 0 Å². The number of nitrogens with one attached hydrogen (secondary N) is 1. The molecular weight excluding hydrogens is 484 g/mol. The molecule has 1 aliphatic rings. The topological polar surface area (TPSA) is 112 Å². The van der Waals surface area contributed by atoms with Gasteiger partial charge in [0.15, 0.2) is 0 Å². The summed E-state index contributed by atoms with van der Waals surface area (Å²) >= 11 is 1.39. The van der Waals surface area contributed by atoms with Crippen molar-refractivity contribution in [2.24, 2.45) is 4.99 Å². The number of nitrogens with zero attached hydrogens (tertiary/aromatic N) is 3. The molecule has 0 spiro atoms. The van der Waals surface area contributed by atoms with Gasteiger partial charge in [-0.25, -0.2) is 8.42 Å². The first kappa shape index (κ1) is 25.0. The van der Waals surface area contributed by atoms with Crippen LogP contribution in [0, 0.1) is 6.92 Å². The number of rotatable bonds is 7. The van der Waals surface area contributed by atoms with Crippen molar-refractivity contribution in [2.45, 2.75) is 43.6 Å². The minimum absolute atomic E-state index is 0.0764. The van der Waals surface area contributed by atoms with Gasteiger partial charge in [0.1, 0.15) is 4.90 Å². The van der Waals surface area contributed by atoms with Gasteiger partial charge in [0.05, 0.1) is 17.0 Å². The van der Waals surface area contributed by atoms with Crippen molar-refractivity contribution in [3.63, 3.8) is 0 Å². The second kappa shape index (κ2) is 10.3. The Bertz CT molecular complexity index is 1330. The van der Waals surface area contributed by atoms with Crippen LogP contribution in [0.15, 0.2) is 63.8 Å². The Morgan fingerprint density at radius 2 is 1.89 bits per heavy atom. The average Bonchev–Trinajstić information content (AvgIpc) is 3.23. The fourth-order valence-electron chi connectivity index (χ4n) is 4.14. The van der Waals surface area contributed by atoms with Crippen LogP contribution in [-0.2, 0) is 16.4 Å². The molecule has 1 saturated heterocycles. The van der Waals surface area contributed by atoms with E-state index in [9.17, 15) is 18.3 Å². The summed E-state index contributed by atoms with van der Waals surface area (Å²) in [6.45, 7) is 4.57. The molecular formula is C25H28N4O4S2. The number of benzene rings is 2. The van der Waals surface area contributed by atoms with Crippen molar-refractivity contribution >= 4 is 45.1 Å². The van der Waals surface area contributed by atoms with Crippen molar-refractivity contribution in [3.8, 4) is 0 Å². The van der Waals surface area contributed by atoms with Gasteiger partial charge >= 0.3 is 0 Å². The number of hydrogen-bond acceptors (Lipinski definition) is 7. The number of aryl methyl sites for hydroxylation is 1. The Labute approximate surface area is 209 Å². The van der Waals surface area contributed by atoms with E-state index in [4.69, 9.17) is 0 Å². The molecule has 4 rings (SSSR count). The molecule has 0 radical (unpaired) electrons.